The van der Waals surface area contributed by atoms with Gasteiger partial charge in [0.25, 0.3) is 5.91 Å². The van der Waals surface area contributed by atoms with Crippen LogP contribution in [0.4, 0.5) is 4.39 Å². The van der Waals surface area contributed by atoms with Crippen molar-refractivity contribution < 1.29 is 13.9 Å². The van der Waals surface area contributed by atoms with Crippen LogP contribution in [-0.4, -0.2) is 5.91 Å². The highest BCUT2D eigenvalue weighted by Gasteiger charge is 2.10. The van der Waals surface area contributed by atoms with Gasteiger partial charge in [-0.3, -0.25) is 4.79 Å². The third-order valence-electron chi connectivity index (χ3n) is 2.72. The lowest BCUT2D eigenvalue weighted by Gasteiger charge is -2.10. The Hall–Kier alpha value is -2.87. The topological polar surface area (TPSA) is 76.1 Å². The van der Waals surface area contributed by atoms with E-state index in [0.717, 1.165) is 6.07 Å². The molecule has 2 aromatic carbocycles. The molecule has 0 aromatic heterocycles. The number of ether oxygens (including phenoxy) is 1. The van der Waals surface area contributed by atoms with Crippen LogP contribution in [0.25, 0.3) is 0 Å². The Morgan fingerprint density at radius 3 is 2.70 bits per heavy atom. The molecule has 0 unspecified atom stereocenters. The summed E-state index contributed by atoms with van der Waals surface area (Å²) in [5.41, 5.74) is 5.99. The van der Waals surface area contributed by atoms with Crippen LogP contribution in [-0.2, 0) is 6.61 Å². The van der Waals surface area contributed by atoms with E-state index in [1.54, 1.807) is 18.2 Å². The first-order valence-corrected chi connectivity index (χ1v) is 5.82. The molecule has 20 heavy (non-hydrogen) atoms. The molecule has 2 N–H and O–H groups in total. The van der Waals surface area contributed by atoms with Crippen molar-refractivity contribution in [1.82, 2.24) is 0 Å². The Morgan fingerprint density at radius 2 is 2.05 bits per heavy atom. The second kappa shape index (κ2) is 5.85. The van der Waals surface area contributed by atoms with Crippen LogP contribution in [0.3, 0.4) is 0 Å². The lowest BCUT2D eigenvalue weighted by Crippen LogP contribution is -2.13. The lowest BCUT2D eigenvalue weighted by molar-refractivity contribution is 0.0996. The fraction of sp³-hybridized carbons (Fsp3) is 0.0667. The molecule has 0 saturated carbocycles. The maximum Gasteiger partial charge on any atom is 0.252 e. The summed E-state index contributed by atoms with van der Waals surface area (Å²) in [5, 5.41) is 8.66. The van der Waals surface area contributed by atoms with Gasteiger partial charge in [-0.05, 0) is 24.3 Å². The minimum atomic E-state index is -0.610. The molecule has 0 radical (unpaired) electrons. The van der Waals surface area contributed by atoms with Crippen LogP contribution in [0.5, 0.6) is 5.75 Å². The van der Waals surface area contributed by atoms with Crippen LogP contribution < -0.4 is 10.5 Å². The van der Waals surface area contributed by atoms with E-state index in [0.29, 0.717) is 11.3 Å². The molecule has 4 nitrogen and oxygen atoms in total. The first kappa shape index (κ1) is 13.6. The molecule has 0 heterocycles. The summed E-state index contributed by atoms with van der Waals surface area (Å²) in [4.78, 5) is 11.2. The average Bonchev–Trinajstić information content (AvgIpc) is 2.46. The van der Waals surface area contributed by atoms with Crippen molar-refractivity contribution in [2.24, 2.45) is 5.73 Å². The van der Waals surface area contributed by atoms with Crippen molar-refractivity contribution >= 4 is 5.91 Å². The van der Waals surface area contributed by atoms with Crippen molar-refractivity contribution in [3.8, 4) is 11.8 Å². The van der Waals surface area contributed by atoms with E-state index >= 15 is 0 Å². The minimum Gasteiger partial charge on any atom is -0.488 e. The monoisotopic (exact) mass is 270 g/mol. The Kier molecular flexibility index (Phi) is 3.96. The number of hydrogen-bond donors (Lipinski definition) is 1. The number of hydrogen-bond acceptors (Lipinski definition) is 3. The predicted octanol–water partition coefficient (Wildman–Crippen LogP) is 2.38. The molecule has 2 rings (SSSR count). The molecule has 2 aromatic rings. The van der Waals surface area contributed by atoms with E-state index in [2.05, 4.69) is 0 Å². The zero-order chi connectivity index (χ0) is 14.5. The Morgan fingerprint density at radius 1 is 1.30 bits per heavy atom. The van der Waals surface area contributed by atoms with E-state index in [4.69, 9.17) is 15.7 Å². The lowest BCUT2D eigenvalue weighted by atomic mass is 10.1. The summed E-state index contributed by atoms with van der Waals surface area (Å²) >= 11 is 0. The van der Waals surface area contributed by atoms with Crippen molar-refractivity contribution in [3.05, 3.63) is 65.0 Å². The summed E-state index contributed by atoms with van der Waals surface area (Å²) in [7, 11) is 0. The van der Waals surface area contributed by atoms with E-state index in [-0.39, 0.29) is 17.7 Å². The fourth-order valence-electron chi connectivity index (χ4n) is 1.69. The van der Waals surface area contributed by atoms with Crippen molar-refractivity contribution in [1.29, 1.82) is 5.26 Å². The molecule has 0 aliphatic rings. The van der Waals surface area contributed by atoms with Gasteiger partial charge in [-0.2, -0.15) is 5.26 Å². The van der Waals surface area contributed by atoms with Gasteiger partial charge in [-0.1, -0.05) is 18.2 Å². The number of carbonyl (C=O) groups excluding carboxylic acids is 1. The number of para-hydroxylation sites is 1. The Labute approximate surface area is 115 Å². The number of nitriles is 1. The van der Waals surface area contributed by atoms with Gasteiger partial charge in [0, 0.05) is 5.56 Å². The van der Waals surface area contributed by atoms with Gasteiger partial charge < -0.3 is 10.5 Å². The van der Waals surface area contributed by atoms with E-state index in [1.165, 1.54) is 18.2 Å². The summed E-state index contributed by atoms with van der Waals surface area (Å²) in [6.07, 6.45) is 0. The van der Waals surface area contributed by atoms with Crippen molar-refractivity contribution in [2.45, 2.75) is 6.61 Å². The number of carbonyl (C=O) groups is 1. The number of halogens is 1. The number of nitrogens with zero attached hydrogens (tertiary/aromatic N) is 1. The predicted molar refractivity (Wildman–Crippen MR) is 70.4 cm³/mol. The Balaban J connectivity index is 2.18. The molecule has 0 fully saturated rings. The number of benzene rings is 2. The molecule has 5 heteroatoms. The minimum absolute atomic E-state index is 0.0537. The van der Waals surface area contributed by atoms with Crippen LogP contribution in [0.2, 0.25) is 0 Å². The van der Waals surface area contributed by atoms with Gasteiger partial charge >= 0.3 is 0 Å². The number of amides is 1. The highest BCUT2D eigenvalue weighted by atomic mass is 19.1. The maximum atomic E-state index is 13.7. The molecule has 0 spiro atoms. The summed E-state index contributed by atoms with van der Waals surface area (Å²) in [6.45, 7) is -0.0537. The van der Waals surface area contributed by atoms with E-state index in [9.17, 15) is 9.18 Å². The molecule has 0 aliphatic carbocycles. The molecule has 100 valence electrons. The van der Waals surface area contributed by atoms with Crippen LogP contribution in [0, 0.1) is 17.1 Å². The van der Waals surface area contributed by atoms with Crippen LogP contribution in [0.15, 0.2) is 42.5 Å². The van der Waals surface area contributed by atoms with Gasteiger partial charge in [-0.15, -0.1) is 0 Å². The molecule has 1 amide bonds. The van der Waals surface area contributed by atoms with Crippen molar-refractivity contribution in [2.75, 3.05) is 0 Å². The SMILES string of the molecule is N#Cc1ccc(COc2ccccc2C(N)=O)c(F)c1. The second-order valence-electron chi connectivity index (χ2n) is 4.07. The largest absolute Gasteiger partial charge is 0.488 e. The average molecular weight is 270 g/mol. The van der Waals surface area contributed by atoms with Gasteiger partial charge in [0.2, 0.25) is 0 Å². The normalized spacial score (nSPS) is 9.80. The molecule has 0 aliphatic heterocycles. The molecular weight excluding hydrogens is 259 g/mol. The van der Waals surface area contributed by atoms with Gasteiger partial charge in [0.05, 0.1) is 17.2 Å². The summed E-state index contributed by atoms with van der Waals surface area (Å²) in [6, 6.07) is 12.4. The standard InChI is InChI=1S/C15H11FN2O2/c16-13-7-10(8-17)5-6-11(13)9-20-14-4-2-1-3-12(14)15(18)19/h1-7H,9H2,(H2,18,19). The van der Waals surface area contributed by atoms with Gasteiger partial charge in [0.1, 0.15) is 18.2 Å². The molecule has 0 atom stereocenters. The maximum absolute atomic E-state index is 13.7. The summed E-state index contributed by atoms with van der Waals surface area (Å²) < 4.78 is 19.1. The quantitative estimate of drug-likeness (QED) is 0.926. The third-order valence-corrected chi connectivity index (χ3v) is 2.72. The molecular formula is C15H11FN2O2. The van der Waals surface area contributed by atoms with E-state index < -0.39 is 11.7 Å². The Bertz CT molecular complexity index is 693. The second-order valence-corrected chi connectivity index (χ2v) is 4.07. The third kappa shape index (κ3) is 2.93. The van der Waals surface area contributed by atoms with Crippen LogP contribution in [0.1, 0.15) is 21.5 Å². The number of nitrogens with two attached hydrogens (primary N) is 1. The molecule has 0 bridgehead atoms. The smallest absolute Gasteiger partial charge is 0.252 e. The highest BCUT2D eigenvalue weighted by molar-refractivity contribution is 5.95. The highest BCUT2D eigenvalue weighted by Crippen LogP contribution is 2.19. The van der Waals surface area contributed by atoms with E-state index in [1.807, 2.05) is 6.07 Å². The first-order chi connectivity index (χ1) is 9.61. The number of primary amides is 1. The summed E-state index contributed by atoms with van der Waals surface area (Å²) in [5.74, 6) is -0.842. The van der Waals surface area contributed by atoms with Gasteiger partial charge in [-0.25, -0.2) is 4.39 Å². The van der Waals surface area contributed by atoms with Gasteiger partial charge in [0.15, 0.2) is 0 Å². The van der Waals surface area contributed by atoms with Crippen LogP contribution >= 0.6 is 0 Å². The number of rotatable bonds is 4. The zero-order valence-corrected chi connectivity index (χ0v) is 10.5. The van der Waals surface area contributed by atoms with Crippen molar-refractivity contribution in [3.63, 3.8) is 0 Å². The first-order valence-electron chi connectivity index (χ1n) is 5.82. The fourth-order valence-corrected chi connectivity index (χ4v) is 1.69. The molecule has 0 saturated heterocycles. The zero-order valence-electron chi connectivity index (χ0n) is 10.5.